The number of nitrogens with zero attached hydrogens (tertiary/aromatic N) is 3. The summed E-state index contributed by atoms with van der Waals surface area (Å²) in [5.74, 6) is 0.263. The number of anilines is 1. The predicted octanol–water partition coefficient (Wildman–Crippen LogP) is 7.16. The van der Waals surface area contributed by atoms with Crippen LogP contribution in [0.15, 0.2) is 72.8 Å². The van der Waals surface area contributed by atoms with Crippen LogP contribution in [0.1, 0.15) is 78.5 Å². The molecule has 2 heterocycles. The number of nitrogens with two attached hydrogens (primary N) is 1. The van der Waals surface area contributed by atoms with Crippen molar-refractivity contribution in [2.75, 3.05) is 44.2 Å². The van der Waals surface area contributed by atoms with E-state index in [1.54, 1.807) is 12.1 Å². The molecule has 2 N–H and O–H groups in total. The average molecular weight is 635 g/mol. The molecule has 3 fully saturated rings. The van der Waals surface area contributed by atoms with E-state index in [0.717, 1.165) is 50.5 Å². The average Bonchev–Trinajstić information content (AvgIpc) is 3.03. The first-order chi connectivity index (χ1) is 22.0. The number of hydrogen-bond acceptors (Lipinski definition) is 5. The molecule has 1 saturated carbocycles. The van der Waals surface area contributed by atoms with Crippen molar-refractivity contribution in [2.24, 2.45) is 11.1 Å². The van der Waals surface area contributed by atoms with Crippen molar-refractivity contribution in [1.82, 2.24) is 9.80 Å². The van der Waals surface area contributed by atoms with Crippen molar-refractivity contribution >= 4 is 11.6 Å². The third-order valence-electron chi connectivity index (χ3n) is 10.4. The number of ether oxygens (including phenoxy) is 1. The van der Waals surface area contributed by atoms with E-state index in [2.05, 4.69) is 52.8 Å². The normalized spacial score (nSPS) is 21.0. The van der Waals surface area contributed by atoms with Gasteiger partial charge in [-0.05, 0) is 90.1 Å². The highest BCUT2D eigenvalue weighted by Crippen LogP contribution is 2.53. The number of rotatable bonds is 9. The number of halogens is 3. The largest absolute Gasteiger partial charge is 0.484 e. The SMILES string of the molecule is CC(C)c1ccccc1C1CN(Cc2ccc(OCC(F)(F)F)cc2)CCN1C1CC2(CCN(c3ccc(C(N)=O)cc3)CC2)C1. The first-order valence-electron chi connectivity index (χ1n) is 16.5. The molecule has 6 rings (SSSR count). The maximum absolute atomic E-state index is 12.6. The Morgan fingerprint density at radius 3 is 2.24 bits per heavy atom. The summed E-state index contributed by atoms with van der Waals surface area (Å²) in [5.41, 5.74) is 11.4. The van der Waals surface area contributed by atoms with Gasteiger partial charge in [0.15, 0.2) is 6.61 Å². The topological polar surface area (TPSA) is 62.0 Å². The quantitative estimate of drug-likeness (QED) is 0.271. The fraction of sp³-hybridized carbons (Fsp3) is 0.486. The van der Waals surface area contributed by atoms with E-state index in [1.807, 2.05) is 36.4 Å². The van der Waals surface area contributed by atoms with Gasteiger partial charge in [-0.2, -0.15) is 13.2 Å². The highest BCUT2D eigenvalue weighted by atomic mass is 19.4. The first-order valence-corrected chi connectivity index (χ1v) is 16.5. The van der Waals surface area contributed by atoms with Crippen LogP contribution in [0.4, 0.5) is 18.9 Å². The van der Waals surface area contributed by atoms with E-state index in [0.29, 0.717) is 22.9 Å². The Bertz CT molecular complexity index is 1480. The lowest BCUT2D eigenvalue weighted by atomic mass is 9.59. The number of carbonyl (C=O) groups is 1. The number of amides is 1. The number of benzene rings is 3. The molecule has 2 saturated heterocycles. The summed E-state index contributed by atoms with van der Waals surface area (Å²) in [7, 11) is 0. The Hall–Kier alpha value is -3.56. The molecule has 0 radical (unpaired) electrons. The molecule has 9 heteroatoms. The Morgan fingerprint density at radius 1 is 0.935 bits per heavy atom. The predicted molar refractivity (Wildman–Crippen MR) is 175 cm³/mol. The Morgan fingerprint density at radius 2 is 1.61 bits per heavy atom. The Balaban J connectivity index is 1.11. The second kappa shape index (κ2) is 13.3. The molecular weight excluding hydrogens is 589 g/mol. The van der Waals surface area contributed by atoms with Crippen molar-refractivity contribution in [2.45, 2.75) is 70.3 Å². The molecule has 0 bridgehead atoms. The number of carbonyl (C=O) groups excluding carboxylic acids is 1. The highest BCUT2D eigenvalue weighted by Gasteiger charge is 2.50. The van der Waals surface area contributed by atoms with Gasteiger partial charge in [-0.3, -0.25) is 14.6 Å². The fourth-order valence-corrected chi connectivity index (χ4v) is 7.82. The van der Waals surface area contributed by atoms with Gasteiger partial charge in [0.2, 0.25) is 5.91 Å². The van der Waals surface area contributed by atoms with Crippen molar-refractivity contribution in [1.29, 1.82) is 0 Å². The first kappa shape index (κ1) is 32.4. The molecule has 1 unspecified atom stereocenters. The molecule has 246 valence electrons. The van der Waals surface area contributed by atoms with E-state index in [9.17, 15) is 18.0 Å². The summed E-state index contributed by atoms with van der Waals surface area (Å²) in [4.78, 5) is 19.2. The number of alkyl halides is 3. The van der Waals surface area contributed by atoms with Crippen LogP contribution in [0.25, 0.3) is 0 Å². The molecule has 6 nitrogen and oxygen atoms in total. The second-order valence-corrected chi connectivity index (χ2v) is 13.8. The van der Waals surface area contributed by atoms with Gasteiger partial charge in [-0.15, -0.1) is 0 Å². The monoisotopic (exact) mass is 634 g/mol. The third-order valence-corrected chi connectivity index (χ3v) is 10.4. The molecule has 1 amide bonds. The van der Waals surface area contributed by atoms with E-state index in [1.165, 1.54) is 36.8 Å². The van der Waals surface area contributed by atoms with Crippen molar-refractivity contribution in [3.05, 3.63) is 95.1 Å². The number of hydrogen-bond donors (Lipinski definition) is 1. The summed E-state index contributed by atoms with van der Waals surface area (Å²) in [6, 6.07) is 24.4. The number of piperazine rings is 1. The fourth-order valence-electron chi connectivity index (χ4n) is 7.82. The third kappa shape index (κ3) is 7.36. The van der Waals surface area contributed by atoms with Crippen LogP contribution in [0.3, 0.4) is 0 Å². The van der Waals surface area contributed by atoms with Gasteiger partial charge in [-0.25, -0.2) is 0 Å². The van der Waals surface area contributed by atoms with Gasteiger partial charge in [0, 0.05) is 62.6 Å². The standard InChI is InChI=1S/C37H45F3N4O2/c1-26(2)32-5-3-4-6-33(32)34-24-42(23-27-7-13-31(14-8-27)46-25-37(38,39)40)19-20-44(34)30-21-36(22-30)15-17-43(18-16-36)29-11-9-28(10-12-29)35(41)45/h3-14,26,30,34H,15-25H2,1-2H3,(H2,41,45). The van der Waals surface area contributed by atoms with Gasteiger partial charge in [0.05, 0.1) is 0 Å². The van der Waals surface area contributed by atoms with Crippen molar-refractivity contribution in [3.63, 3.8) is 0 Å². The minimum atomic E-state index is -4.35. The molecule has 3 aliphatic rings. The lowest BCUT2D eigenvalue weighted by molar-refractivity contribution is -0.153. The number of piperidine rings is 1. The zero-order valence-electron chi connectivity index (χ0n) is 26.8. The summed E-state index contributed by atoms with van der Waals surface area (Å²) in [5, 5.41) is 0. The molecule has 0 aromatic heterocycles. The van der Waals surface area contributed by atoms with E-state index in [4.69, 9.17) is 10.5 Å². The lowest BCUT2D eigenvalue weighted by Crippen LogP contribution is -2.60. The second-order valence-electron chi connectivity index (χ2n) is 13.8. The molecule has 1 aliphatic carbocycles. The molecule has 3 aromatic carbocycles. The van der Waals surface area contributed by atoms with Gasteiger partial charge in [0.25, 0.3) is 0 Å². The zero-order chi connectivity index (χ0) is 32.5. The summed E-state index contributed by atoms with van der Waals surface area (Å²) >= 11 is 0. The van der Waals surface area contributed by atoms with E-state index in [-0.39, 0.29) is 11.8 Å². The summed E-state index contributed by atoms with van der Waals surface area (Å²) in [6.45, 7) is 8.89. The van der Waals surface area contributed by atoms with Crippen LogP contribution in [-0.2, 0) is 6.54 Å². The van der Waals surface area contributed by atoms with Crippen LogP contribution in [0.2, 0.25) is 0 Å². The smallest absolute Gasteiger partial charge is 0.422 e. The van der Waals surface area contributed by atoms with Crippen LogP contribution in [0, 0.1) is 5.41 Å². The van der Waals surface area contributed by atoms with Crippen LogP contribution >= 0.6 is 0 Å². The van der Waals surface area contributed by atoms with Crippen LogP contribution in [-0.4, -0.2) is 67.3 Å². The van der Waals surface area contributed by atoms with Gasteiger partial charge >= 0.3 is 6.18 Å². The summed E-state index contributed by atoms with van der Waals surface area (Å²) < 4.78 is 42.6. The van der Waals surface area contributed by atoms with Crippen molar-refractivity contribution < 1.29 is 22.7 Å². The minimum Gasteiger partial charge on any atom is -0.484 e. The molecule has 1 atom stereocenters. The van der Waals surface area contributed by atoms with Gasteiger partial charge in [-0.1, -0.05) is 50.2 Å². The number of primary amides is 1. The maximum Gasteiger partial charge on any atom is 0.422 e. The van der Waals surface area contributed by atoms with Crippen molar-refractivity contribution in [3.8, 4) is 5.75 Å². The van der Waals surface area contributed by atoms with Gasteiger partial charge < -0.3 is 15.4 Å². The van der Waals surface area contributed by atoms with E-state index >= 15 is 0 Å². The van der Waals surface area contributed by atoms with E-state index < -0.39 is 18.7 Å². The highest BCUT2D eigenvalue weighted by molar-refractivity contribution is 5.93. The van der Waals surface area contributed by atoms with Gasteiger partial charge in [0.1, 0.15) is 5.75 Å². The lowest BCUT2D eigenvalue weighted by Gasteiger charge is -2.58. The summed E-state index contributed by atoms with van der Waals surface area (Å²) in [6.07, 6.45) is 0.453. The van der Waals surface area contributed by atoms with Crippen LogP contribution < -0.4 is 15.4 Å². The molecule has 2 aliphatic heterocycles. The Labute approximate surface area is 270 Å². The van der Waals surface area contributed by atoms with Crippen LogP contribution in [0.5, 0.6) is 5.75 Å². The Kier molecular flexibility index (Phi) is 9.35. The molecule has 1 spiro atoms. The maximum atomic E-state index is 12.6. The molecular formula is C37H45F3N4O2. The zero-order valence-corrected chi connectivity index (χ0v) is 26.8. The molecule has 3 aromatic rings. The minimum absolute atomic E-state index is 0.236. The molecule has 46 heavy (non-hydrogen) atoms.